The molecule has 32 heavy (non-hydrogen) atoms. The number of benzene rings is 2. The molecule has 1 fully saturated rings. The van der Waals surface area contributed by atoms with Gasteiger partial charge >= 0.3 is 0 Å². The maximum atomic E-state index is 12.0. The van der Waals surface area contributed by atoms with Crippen LogP contribution in [0, 0.1) is 6.92 Å². The van der Waals surface area contributed by atoms with Crippen molar-refractivity contribution < 1.29 is 9.53 Å². The number of carbonyl (C=O) groups excluding carboxylic acids is 1. The average molecular weight is 430 g/mol. The van der Waals surface area contributed by atoms with Crippen molar-refractivity contribution in [2.45, 2.75) is 33.2 Å². The van der Waals surface area contributed by atoms with Crippen molar-refractivity contribution in [3.63, 3.8) is 0 Å². The number of allylic oxidation sites excluding steroid dienone is 2. The summed E-state index contributed by atoms with van der Waals surface area (Å²) < 4.78 is 6.12. The fourth-order valence-electron chi connectivity index (χ4n) is 5.08. The van der Waals surface area contributed by atoms with Crippen LogP contribution in [-0.2, 0) is 17.8 Å². The molecule has 0 N–H and O–H groups in total. The Labute approximate surface area is 190 Å². The van der Waals surface area contributed by atoms with E-state index >= 15 is 0 Å². The first kappa shape index (κ1) is 21.0. The molecule has 5 heteroatoms. The number of rotatable bonds is 5. The Bertz CT molecular complexity index is 1090. The Morgan fingerprint density at radius 2 is 1.81 bits per heavy atom. The van der Waals surface area contributed by atoms with E-state index < -0.39 is 0 Å². The molecule has 0 bridgehead atoms. The molecule has 0 amide bonds. The second-order valence-electron chi connectivity index (χ2n) is 9.01. The highest BCUT2D eigenvalue weighted by Gasteiger charge is 2.24. The zero-order valence-electron chi connectivity index (χ0n) is 19.1. The standard InChI is InChI=1S/C27H31N3O2/c1-19-16-22(31)17-25-20(2)26(9-8-23(19)25)32-15-5-10-29-11-13-30(14-12-29)27-24-7-4-3-6-21(24)18-28-27/h3-4,6-9,16H,5,10-15,17-18H2,1-2H3. The van der Waals surface area contributed by atoms with Crippen LogP contribution in [-0.4, -0.2) is 60.7 Å². The normalized spacial score (nSPS) is 18.2. The van der Waals surface area contributed by atoms with Crippen LogP contribution in [0.15, 0.2) is 47.5 Å². The minimum absolute atomic E-state index is 0.182. The van der Waals surface area contributed by atoms with Gasteiger partial charge in [-0.25, -0.2) is 0 Å². The maximum absolute atomic E-state index is 12.0. The van der Waals surface area contributed by atoms with Crippen LogP contribution >= 0.6 is 0 Å². The van der Waals surface area contributed by atoms with Crippen LogP contribution in [0.5, 0.6) is 5.75 Å². The number of piperazine rings is 1. The molecule has 0 radical (unpaired) electrons. The van der Waals surface area contributed by atoms with Gasteiger partial charge < -0.3 is 9.64 Å². The predicted octanol–water partition coefficient (Wildman–Crippen LogP) is 3.87. The molecule has 0 saturated carbocycles. The largest absolute Gasteiger partial charge is 0.493 e. The summed E-state index contributed by atoms with van der Waals surface area (Å²) in [6.07, 6.45) is 3.23. The topological polar surface area (TPSA) is 45.1 Å². The van der Waals surface area contributed by atoms with Gasteiger partial charge in [-0.1, -0.05) is 30.3 Å². The Hall–Kier alpha value is -2.92. The highest BCUT2D eigenvalue weighted by molar-refractivity contribution is 6.02. The lowest BCUT2D eigenvalue weighted by molar-refractivity contribution is -0.114. The molecule has 0 aromatic heterocycles. The molecule has 0 unspecified atom stereocenters. The number of ketones is 1. The molecule has 5 rings (SSSR count). The Kier molecular flexibility index (Phi) is 5.83. The van der Waals surface area contributed by atoms with Gasteiger partial charge in [0.2, 0.25) is 0 Å². The zero-order chi connectivity index (χ0) is 22.1. The van der Waals surface area contributed by atoms with Gasteiger partial charge in [0.1, 0.15) is 11.6 Å². The molecule has 5 nitrogen and oxygen atoms in total. The number of carbonyl (C=O) groups is 1. The maximum Gasteiger partial charge on any atom is 0.160 e. The Morgan fingerprint density at radius 3 is 2.66 bits per heavy atom. The number of ether oxygens (including phenoxy) is 1. The molecule has 2 aliphatic heterocycles. The van der Waals surface area contributed by atoms with E-state index in [0.29, 0.717) is 13.0 Å². The van der Waals surface area contributed by atoms with Crippen molar-refractivity contribution in [2.75, 3.05) is 39.3 Å². The quantitative estimate of drug-likeness (QED) is 0.677. The highest BCUT2D eigenvalue weighted by Crippen LogP contribution is 2.32. The number of nitrogens with zero attached hydrogens (tertiary/aromatic N) is 3. The molecular weight excluding hydrogens is 398 g/mol. The first-order valence-electron chi connectivity index (χ1n) is 11.7. The van der Waals surface area contributed by atoms with Crippen LogP contribution in [0.25, 0.3) is 5.57 Å². The SMILES string of the molecule is CC1=CC(=O)Cc2c1ccc(OCCCN1CCN(C3=NCc4ccccc43)CC1)c2C. The first-order chi connectivity index (χ1) is 15.6. The van der Waals surface area contributed by atoms with Gasteiger partial charge in [0, 0.05) is 44.7 Å². The molecule has 1 saturated heterocycles. The van der Waals surface area contributed by atoms with Crippen molar-refractivity contribution in [2.24, 2.45) is 4.99 Å². The first-order valence-corrected chi connectivity index (χ1v) is 11.7. The zero-order valence-corrected chi connectivity index (χ0v) is 19.1. The minimum Gasteiger partial charge on any atom is -0.493 e. The summed E-state index contributed by atoms with van der Waals surface area (Å²) >= 11 is 0. The van der Waals surface area contributed by atoms with E-state index in [1.54, 1.807) is 6.08 Å². The smallest absolute Gasteiger partial charge is 0.160 e. The number of hydrogen-bond acceptors (Lipinski definition) is 5. The fraction of sp³-hybridized carbons (Fsp3) is 0.407. The third-order valence-corrected chi connectivity index (χ3v) is 6.91. The van der Waals surface area contributed by atoms with Crippen molar-refractivity contribution >= 4 is 17.2 Å². The monoisotopic (exact) mass is 429 g/mol. The summed E-state index contributed by atoms with van der Waals surface area (Å²) in [5, 5.41) is 0. The number of fused-ring (bicyclic) bond motifs is 2. The summed E-state index contributed by atoms with van der Waals surface area (Å²) in [7, 11) is 0. The second-order valence-corrected chi connectivity index (χ2v) is 9.01. The van der Waals surface area contributed by atoms with E-state index in [1.807, 2.05) is 6.92 Å². The molecule has 2 aromatic carbocycles. The van der Waals surface area contributed by atoms with E-state index in [1.165, 1.54) is 22.5 Å². The van der Waals surface area contributed by atoms with E-state index in [4.69, 9.17) is 9.73 Å². The lowest BCUT2D eigenvalue weighted by Crippen LogP contribution is -2.49. The van der Waals surface area contributed by atoms with Crippen molar-refractivity contribution in [3.05, 3.63) is 70.3 Å². The van der Waals surface area contributed by atoms with Crippen LogP contribution in [0.4, 0.5) is 0 Å². The fourth-order valence-corrected chi connectivity index (χ4v) is 5.08. The van der Waals surface area contributed by atoms with Crippen LogP contribution in [0.1, 0.15) is 41.2 Å². The van der Waals surface area contributed by atoms with Gasteiger partial charge in [0.25, 0.3) is 0 Å². The minimum atomic E-state index is 0.182. The molecule has 0 spiro atoms. The summed E-state index contributed by atoms with van der Waals surface area (Å²) in [6, 6.07) is 12.7. The molecule has 0 atom stereocenters. The van der Waals surface area contributed by atoms with E-state index in [2.05, 4.69) is 53.1 Å². The van der Waals surface area contributed by atoms with Crippen LogP contribution < -0.4 is 4.74 Å². The number of amidine groups is 1. The summed E-state index contributed by atoms with van der Waals surface area (Å²) in [5.74, 6) is 2.27. The van der Waals surface area contributed by atoms with Gasteiger partial charge in [0.05, 0.1) is 13.2 Å². The lowest BCUT2D eigenvalue weighted by Gasteiger charge is -2.36. The van der Waals surface area contributed by atoms with Gasteiger partial charge in [-0.05, 0) is 60.2 Å². The predicted molar refractivity (Wildman–Crippen MR) is 128 cm³/mol. The van der Waals surface area contributed by atoms with Gasteiger partial charge in [-0.3, -0.25) is 14.7 Å². The number of hydrogen-bond donors (Lipinski definition) is 0. The number of aliphatic imine (C=N–C) groups is 1. The lowest BCUT2D eigenvalue weighted by atomic mass is 9.87. The van der Waals surface area contributed by atoms with E-state index in [9.17, 15) is 4.79 Å². The van der Waals surface area contributed by atoms with E-state index in [0.717, 1.165) is 68.1 Å². The van der Waals surface area contributed by atoms with Crippen molar-refractivity contribution in [1.82, 2.24) is 9.80 Å². The molecule has 2 heterocycles. The van der Waals surface area contributed by atoms with Gasteiger partial charge in [0.15, 0.2) is 5.78 Å². The second kappa shape index (κ2) is 8.91. The molecule has 2 aromatic rings. The molecule has 1 aliphatic carbocycles. The Morgan fingerprint density at radius 1 is 1.00 bits per heavy atom. The van der Waals surface area contributed by atoms with Crippen molar-refractivity contribution in [3.8, 4) is 5.75 Å². The van der Waals surface area contributed by atoms with Gasteiger partial charge in [-0.15, -0.1) is 0 Å². The average Bonchev–Trinajstić information content (AvgIpc) is 3.23. The third-order valence-electron chi connectivity index (χ3n) is 6.91. The van der Waals surface area contributed by atoms with Crippen LogP contribution in [0.2, 0.25) is 0 Å². The van der Waals surface area contributed by atoms with Crippen molar-refractivity contribution in [1.29, 1.82) is 0 Å². The van der Waals surface area contributed by atoms with Crippen LogP contribution in [0.3, 0.4) is 0 Å². The van der Waals surface area contributed by atoms with E-state index in [-0.39, 0.29) is 5.78 Å². The Balaban J connectivity index is 1.09. The summed E-state index contributed by atoms with van der Waals surface area (Å²) in [5.41, 5.74) is 7.12. The highest BCUT2D eigenvalue weighted by atomic mass is 16.5. The third kappa shape index (κ3) is 4.09. The summed E-state index contributed by atoms with van der Waals surface area (Å²) in [4.78, 5) is 21.7. The molecular formula is C27H31N3O2. The van der Waals surface area contributed by atoms with Gasteiger partial charge in [-0.2, -0.15) is 0 Å². The summed E-state index contributed by atoms with van der Waals surface area (Å²) in [6.45, 7) is 10.8. The molecule has 166 valence electrons. The molecule has 3 aliphatic rings.